The van der Waals surface area contributed by atoms with Crippen molar-refractivity contribution in [2.75, 3.05) is 19.7 Å². The van der Waals surface area contributed by atoms with Gasteiger partial charge in [-0.25, -0.2) is 0 Å². The summed E-state index contributed by atoms with van der Waals surface area (Å²) in [5.41, 5.74) is 0.194. The summed E-state index contributed by atoms with van der Waals surface area (Å²) in [6, 6.07) is 0.350. The van der Waals surface area contributed by atoms with E-state index in [4.69, 9.17) is 4.74 Å². The van der Waals surface area contributed by atoms with Gasteiger partial charge in [0.05, 0.1) is 6.10 Å². The number of ether oxygens (including phenoxy) is 1. The van der Waals surface area contributed by atoms with Crippen LogP contribution in [-0.4, -0.2) is 48.6 Å². The first kappa shape index (κ1) is 20.6. The molecule has 27 heavy (non-hydrogen) atoms. The van der Waals surface area contributed by atoms with E-state index in [2.05, 4.69) is 24.1 Å². The Labute approximate surface area is 164 Å². The summed E-state index contributed by atoms with van der Waals surface area (Å²) in [5.74, 6) is 0.684. The molecule has 5 heteroatoms. The number of carbonyl (C=O) groups excluding carboxylic acids is 2. The van der Waals surface area contributed by atoms with Crippen molar-refractivity contribution in [3.05, 3.63) is 0 Å². The van der Waals surface area contributed by atoms with Gasteiger partial charge in [-0.2, -0.15) is 0 Å². The quantitative estimate of drug-likeness (QED) is 0.590. The molecule has 3 aliphatic rings. The zero-order valence-electron chi connectivity index (χ0n) is 17.3. The molecule has 0 aromatic rings. The van der Waals surface area contributed by atoms with Crippen molar-refractivity contribution >= 4 is 11.8 Å². The van der Waals surface area contributed by atoms with Crippen molar-refractivity contribution in [2.24, 2.45) is 11.3 Å². The minimum atomic E-state index is 0.174. The first-order valence-electron chi connectivity index (χ1n) is 11.3. The Morgan fingerprint density at radius 2 is 1.89 bits per heavy atom. The number of carbonyl (C=O) groups is 2. The smallest absolute Gasteiger partial charge is 0.223 e. The fourth-order valence-corrected chi connectivity index (χ4v) is 5.24. The minimum absolute atomic E-state index is 0.174. The van der Waals surface area contributed by atoms with Gasteiger partial charge in [0.2, 0.25) is 11.8 Å². The molecule has 0 bridgehead atoms. The summed E-state index contributed by atoms with van der Waals surface area (Å²) >= 11 is 0. The van der Waals surface area contributed by atoms with Gasteiger partial charge >= 0.3 is 0 Å². The van der Waals surface area contributed by atoms with Gasteiger partial charge in [-0.15, -0.1) is 0 Å². The largest absolute Gasteiger partial charge is 0.378 e. The highest BCUT2D eigenvalue weighted by atomic mass is 16.5. The van der Waals surface area contributed by atoms with Crippen LogP contribution < -0.4 is 5.32 Å². The Bertz CT molecular complexity index is 512. The van der Waals surface area contributed by atoms with E-state index in [0.717, 1.165) is 45.3 Å². The molecule has 154 valence electrons. The Morgan fingerprint density at radius 3 is 2.52 bits per heavy atom. The van der Waals surface area contributed by atoms with Crippen LogP contribution in [0.2, 0.25) is 0 Å². The highest BCUT2D eigenvalue weighted by Crippen LogP contribution is 2.55. The van der Waals surface area contributed by atoms with Crippen LogP contribution in [0.25, 0.3) is 0 Å². The highest BCUT2D eigenvalue weighted by molar-refractivity contribution is 5.81. The lowest BCUT2D eigenvalue weighted by molar-refractivity contribution is -0.188. The fourth-order valence-electron chi connectivity index (χ4n) is 5.24. The van der Waals surface area contributed by atoms with Gasteiger partial charge in [-0.3, -0.25) is 9.59 Å². The molecule has 0 radical (unpaired) electrons. The summed E-state index contributed by atoms with van der Waals surface area (Å²) in [4.78, 5) is 26.9. The molecule has 3 saturated carbocycles. The molecule has 3 fully saturated rings. The fraction of sp³-hybridized carbons (Fsp3) is 0.909. The van der Waals surface area contributed by atoms with Crippen molar-refractivity contribution in [3.8, 4) is 0 Å². The summed E-state index contributed by atoms with van der Waals surface area (Å²) in [6.07, 6.45) is 11.9. The zero-order chi connectivity index (χ0) is 19.3. The maximum absolute atomic E-state index is 13.0. The zero-order valence-corrected chi connectivity index (χ0v) is 17.3. The second kappa shape index (κ2) is 9.40. The molecule has 3 aliphatic carbocycles. The van der Waals surface area contributed by atoms with Gasteiger partial charge < -0.3 is 15.0 Å². The van der Waals surface area contributed by atoms with Crippen molar-refractivity contribution in [2.45, 2.75) is 96.6 Å². The Balaban J connectivity index is 1.54. The molecular weight excluding hydrogens is 340 g/mol. The van der Waals surface area contributed by atoms with E-state index in [0.29, 0.717) is 25.1 Å². The number of nitrogens with zero attached hydrogens (tertiary/aromatic N) is 1. The third-order valence-corrected chi connectivity index (χ3v) is 6.87. The van der Waals surface area contributed by atoms with Gasteiger partial charge in [0.25, 0.3) is 0 Å². The van der Waals surface area contributed by atoms with Crippen molar-refractivity contribution in [1.82, 2.24) is 10.2 Å². The molecule has 0 heterocycles. The predicted molar refractivity (Wildman–Crippen MR) is 106 cm³/mol. The van der Waals surface area contributed by atoms with Gasteiger partial charge in [0, 0.05) is 43.5 Å². The molecule has 2 atom stereocenters. The van der Waals surface area contributed by atoms with Crippen LogP contribution in [0.4, 0.5) is 0 Å². The first-order valence-corrected chi connectivity index (χ1v) is 11.3. The molecule has 0 aliphatic heterocycles. The van der Waals surface area contributed by atoms with Crippen LogP contribution in [0.1, 0.15) is 84.5 Å². The molecule has 2 amide bonds. The highest BCUT2D eigenvalue weighted by Gasteiger charge is 2.58. The summed E-state index contributed by atoms with van der Waals surface area (Å²) in [7, 11) is 0. The number of hydrogen-bond acceptors (Lipinski definition) is 3. The van der Waals surface area contributed by atoms with Crippen LogP contribution in [0.5, 0.6) is 0 Å². The van der Waals surface area contributed by atoms with Crippen LogP contribution in [0.3, 0.4) is 0 Å². The maximum Gasteiger partial charge on any atom is 0.223 e. The first-order chi connectivity index (χ1) is 13.1. The number of amides is 2. The lowest BCUT2D eigenvalue weighted by atomic mass is 9.54. The molecule has 0 saturated heterocycles. The standard InChI is InChI=1S/C22H38N2O3/c1-3-15-24(20(25)9-8-14-23-21(26)17-10-11-17)18-16-19(27-4-2)22(18)12-6-5-7-13-22/h17-19H,3-16H2,1-2H3,(H,23,26)/t18-,19+/m0/s1. The summed E-state index contributed by atoms with van der Waals surface area (Å²) in [6.45, 7) is 6.47. The van der Waals surface area contributed by atoms with Crippen LogP contribution in [0.15, 0.2) is 0 Å². The number of nitrogens with one attached hydrogen (secondary N) is 1. The Hall–Kier alpha value is -1.10. The van der Waals surface area contributed by atoms with Crippen molar-refractivity contribution in [1.29, 1.82) is 0 Å². The maximum atomic E-state index is 13.0. The lowest BCUT2D eigenvalue weighted by Gasteiger charge is -2.60. The molecular formula is C22H38N2O3. The van der Waals surface area contributed by atoms with E-state index in [1.54, 1.807) is 0 Å². The van der Waals surface area contributed by atoms with Crippen LogP contribution in [0, 0.1) is 11.3 Å². The number of rotatable bonds is 10. The van der Waals surface area contributed by atoms with Gasteiger partial charge in [-0.1, -0.05) is 26.2 Å². The third kappa shape index (κ3) is 4.67. The predicted octanol–water partition coefficient (Wildman–Crippen LogP) is 3.66. The van der Waals surface area contributed by atoms with E-state index in [1.165, 1.54) is 32.1 Å². The Morgan fingerprint density at radius 1 is 1.15 bits per heavy atom. The second-order valence-corrected chi connectivity index (χ2v) is 8.75. The minimum Gasteiger partial charge on any atom is -0.378 e. The normalized spacial score (nSPS) is 26.4. The van der Waals surface area contributed by atoms with E-state index >= 15 is 0 Å². The SMILES string of the molecule is CCCN(C(=O)CCCNC(=O)C1CC1)[C@H]1C[C@@H](OCC)C12CCCCC2. The van der Waals surface area contributed by atoms with E-state index < -0.39 is 0 Å². The Kier molecular flexibility index (Phi) is 7.18. The molecule has 0 aromatic carbocycles. The summed E-state index contributed by atoms with van der Waals surface area (Å²) < 4.78 is 6.08. The second-order valence-electron chi connectivity index (χ2n) is 8.75. The van der Waals surface area contributed by atoms with Crippen molar-refractivity contribution in [3.63, 3.8) is 0 Å². The molecule has 1 N–H and O–H groups in total. The van der Waals surface area contributed by atoms with Gasteiger partial charge in [0.15, 0.2) is 0 Å². The monoisotopic (exact) mass is 378 g/mol. The van der Waals surface area contributed by atoms with E-state index in [9.17, 15) is 9.59 Å². The molecule has 0 aromatic heterocycles. The van der Waals surface area contributed by atoms with E-state index in [-0.39, 0.29) is 23.1 Å². The molecule has 1 spiro atoms. The number of hydrogen-bond donors (Lipinski definition) is 1. The average molecular weight is 379 g/mol. The van der Waals surface area contributed by atoms with Gasteiger partial charge in [-0.05, 0) is 51.9 Å². The molecule has 5 nitrogen and oxygen atoms in total. The lowest BCUT2D eigenvalue weighted by Crippen LogP contribution is -2.66. The van der Waals surface area contributed by atoms with Crippen LogP contribution >= 0.6 is 0 Å². The molecule has 3 rings (SSSR count). The van der Waals surface area contributed by atoms with Crippen LogP contribution in [-0.2, 0) is 14.3 Å². The summed E-state index contributed by atoms with van der Waals surface area (Å²) in [5, 5.41) is 2.98. The topological polar surface area (TPSA) is 58.6 Å². The average Bonchev–Trinajstić information content (AvgIpc) is 3.52. The van der Waals surface area contributed by atoms with E-state index in [1.807, 2.05) is 0 Å². The molecule has 0 unspecified atom stereocenters. The third-order valence-electron chi connectivity index (χ3n) is 6.87. The van der Waals surface area contributed by atoms with Crippen molar-refractivity contribution < 1.29 is 14.3 Å². The van der Waals surface area contributed by atoms with Gasteiger partial charge in [0.1, 0.15) is 0 Å².